The molecule has 0 heterocycles. The van der Waals surface area contributed by atoms with Crippen molar-refractivity contribution in [3.63, 3.8) is 0 Å². The number of carbonyl (C=O) groups is 11. The van der Waals surface area contributed by atoms with Crippen LogP contribution in [0.25, 0.3) is 0 Å². The van der Waals surface area contributed by atoms with Crippen LogP contribution in [0.2, 0.25) is 5.02 Å². The van der Waals surface area contributed by atoms with Gasteiger partial charge in [-0.15, -0.1) is 0 Å². The molecule has 0 atom stereocenters. The molecule has 0 radical (unpaired) electrons. The van der Waals surface area contributed by atoms with E-state index in [-0.39, 0.29) is 160 Å². The number of anilines is 5. The number of benzene rings is 10. The van der Waals surface area contributed by atoms with Crippen LogP contribution in [0.15, 0.2) is 237 Å². The molecule has 730 valence electrons. The molecule has 0 spiro atoms. The van der Waals surface area contributed by atoms with Crippen LogP contribution in [0.1, 0.15) is 204 Å². The van der Waals surface area contributed by atoms with E-state index in [1.807, 2.05) is 185 Å². The number of methoxy groups -OCH3 is 2. The third-order valence-electron chi connectivity index (χ3n) is 22.3. The number of ether oxygens (including phenoxy) is 2. The summed E-state index contributed by atoms with van der Waals surface area (Å²) in [5.74, 6) is 0.238. The van der Waals surface area contributed by atoms with Crippen LogP contribution in [0, 0.1) is 11.6 Å². The molecular weight excluding hydrogens is 1760 g/mol. The largest absolute Gasteiger partial charge is 0.497 e. The van der Waals surface area contributed by atoms with Crippen molar-refractivity contribution in [1.82, 2.24) is 24.8 Å². The van der Waals surface area contributed by atoms with E-state index in [4.69, 9.17) is 59.4 Å². The Labute approximate surface area is 809 Å². The maximum atomic E-state index is 13.8. The van der Waals surface area contributed by atoms with Gasteiger partial charge >= 0.3 is 0 Å². The van der Waals surface area contributed by atoms with Gasteiger partial charge in [0, 0.05) is 204 Å². The second-order valence-corrected chi connectivity index (χ2v) is 33.0. The van der Waals surface area contributed by atoms with Gasteiger partial charge in [-0.05, 0) is 228 Å². The number of nitrogen functional groups attached to an aromatic ring is 5. The highest BCUT2D eigenvalue weighted by Crippen LogP contribution is 2.26. The van der Waals surface area contributed by atoms with Crippen LogP contribution in [0.3, 0.4) is 0 Å². The Morgan fingerprint density at radius 1 is 0.299 bits per heavy atom. The fraction of sp³-hybridized carbons (Fsp3) is 0.349. The van der Waals surface area contributed by atoms with Crippen LogP contribution in [0.4, 0.5) is 37.2 Å². The molecule has 25 nitrogen and oxygen atoms in total. The number of aryl methyl sites for hydroxylation is 5. The van der Waals surface area contributed by atoms with Crippen LogP contribution >= 0.6 is 11.6 Å². The summed E-state index contributed by atoms with van der Waals surface area (Å²) in [6, 6.07) is 70.1. The number of hydroxylamine groups is 4. The molecule has 137 heavy (non-hydrogen) atoms. The summed E-state index contributed by atoms with van der Waals surface area (Å²) in [7, 11) is 3.16. The van der Waals surface area contributed by atoms with Gasteiger partial charge in [-0.3, -0.25) is 62.4 Å². The fourth-order valence-electron chi connectivity index (χ4n) is 13.9. The van der Waals surface area contributed by atoms with Gasteiger partial charge in [0.15, 0.2) is 5.78 Å². The van der Waals surface area contributed by atoms with Gasteiger partial charge < -0.3 is 52.8 Å². The SMILES string of the molecule is CCN(Cc1cc(C(C)=O)ccc1OC)C(=O)CCC(=O)CCc1ccc(N)cc1.CCN(Cc1cccc(Cl)c1)C(=O)CCC(=O)CCc1ccc(N)cc1.CCN(Cc1ccccc1F)C(=O)CCC(=O)CCc1ccc(N)cc1.CCN(OCc1cccc(OC)c1)C(=O)CCC(=O)CCc1ccc(N)cc1.CCN(OCc1ccccc1F)C(=O)CCC(=O)CCc1ccc(N)cc1. The topological polar surface area (TPSA) is 371 Å². The number of hydrogen-bond acceptors (Lipinski definition) is 20. The smallest absolute Gasteiger partial charge is 0.246 e. The second kappa shape index (κ2) is 62.0. The Morgan fingerprint density at radius 2 is 0.628 bits per heavy atom. The average molecular weight is 1900 g/mol. The first-order valence-electron chi connectivity index (χ1n) is 46.3. The maximum absolute atomic E-state index is 13.8. The number of Topliss-reactive ketones (excluding diaryl/α,β-unsaturated/α-hetero) is 6. The zero-order valence-electron chi connectivity index (χ0n) is 80.1. The predicted octanol–water partition coefficient (Wildman–Crippen LogP) is 19.0. The molecule has 0 aliphatic heterocycles. The number of nitrogens with two attached hydrogens (primary N) is 5. The first-order chi connectivity index (χ1) is 65.8. The normalized spacial score (nSPS) is 10.5. The van der Waals surface area contributed by atoms with E-state index in [1.165, 1.54) is 29.2 Å². The monoisotopic (exact) mass is 1890 g/mol. The molecule has 0 bridgehead atoms. The molecule has 0 aliphatic rings. The molecule has 10 aromatic rings. The van der Waals surface area contributed by atoms with Crippen molar-refractivity contribution in [3.8, 4) is 11.5 Å². The lowest BCUT2D eigenvalue weighted by molar-refractivity contribution is -0.190. The Morgan fingerprint density at radius 3 is 0.964 bits per heavy atom. The van der Waals surface area contributed by atoms with E-state index in [9.17, 15) is 61.5 Å². The number of nitrogens with zero attached hydrogens (tertiary/aromatic N) is 5. The third-order valence-corrected chi connectivity index (χ3v) is 22.5. The van der Waals surface area contributed by atoms with E-state index >= 15 is 0 Å². The summed E-state index contributed by atoms with van der Waals surface area (Å²) in [5, 5.41) is 3.15. The van der Waals surface area contributed by atoms with Gasteiger partial charge in [0.1, 0.15) is 65.3 Å². The highest BCUT2D eigenvalue weighted by molar-refractivity contribution is 6.30. The molecule has 28 heteroatoms. The molecule has 10 N–H and O–H groups in total. The molecular formula is C109H133ClF2N10O15. The van der Waals surface area contributed by atoms with Crippen molar-refractivity contribution in [2.75, 3.05) is 75.6 Å². The van der Waals surface area contributed by atoms with Crippen molar-refractivity contribution >= 4 is 104 Å². The van der Waals surface area contributed by atoms with Crippen molar-refractivity contribution in [2.24, 2.45) is 0 Å². The minimum Gasteiger partial charge on any atom is -0.497 e. The lowest BCUT2D eigenvalue weighted by Gasteiger charge is -2.22. The van der Waals surface area contributed by atoms with Gasteiger partial charge in [0.2, 0.25) is 29.5 Å². The van der Waals surface area contributed by atoms with Crippen LogP contribution < -0.4 is 38.1 Å². The average Bonchev–Trinajstić information content (AvgIpc) is 0.835. The Balaban J connectivity index is 0.000000263. The van der Waals surface area contributed by atoms with E-state index in [1.54, 1.807) is 103 Å². The molecule has 0 saturated carbocycles. The first kappa shape index (κ1) is 112. The van der Waals surface area contributed by atoms with Crippen LogP contribution in [-0.2, 0) is 123 Å². The molecule has 0 saturated heterocycles. The highest BCUT2D eigenvalue weighted by atomic mass is 35.5. The molecule has 10 aromatic carbocycles. The zero-order chi connectivity index (χ0) is 100.0. The molecule has 0 fully saturated rings. The molecule has 10 rings (SSSR count). The van der Waals surface area contributed by atoms with Gasteiger partial charge in [0.05, 0.1) is 14.2 Å². The fourth-order valence-corrected chi connectivity index (χ4v) is 14.1. The second-order valence-electron chi connectivity index (χ2n) is 32.6. The summed E-state index contributed by atoms with van der Waals surface area (Å²) in [6.07, 6.45) is 7.12. The number of rotatable bonds is 50. The summed E-state index contributed by atoms with van der Waals surface area (Å²) >= 11 is 5.99. The zero-order valence-corrected chi connectivity index (χ0v) is 80.9. The number of halogens is 3. The highest BCUT2D eigenvalue weighted by Gasteiger charge is 2.23. The molecule has 0 unspecified atom stereocenters. The number of hydrogen-bond donors (Lipinski definition) is 5. The number of ketones is 6. The molecule has 5 amide bonds. The quantitative estimate of drug-likeness (QED) is 0.0134. The van der Waals surface area contributed by atoms with Crippen molar-refractivity contribution in [3.05, 3.63) is 314 Å². The lowest BCUT2D eigenvalue weighted by atomic mass is 10.0. The molecule has 0 aromatic heterocycles. The van der Waals surface area contributed by atoms with Gasteiger partial charge in [-0.25, -0.2) is 18.9 Å². The third kappa shape index (κ3) is 43.6. The van der Waals surface area contributed by atoms with Crippen molar-refractivity contribution in [2.45, 2.75) is 203 Å². The predicted molar refractivity (Wildman–Crippen MR) is 535 cm³/mol. The Hall–Kier alpha value is -13.8. The van der Waals surface area contributed by atoms with Gasteiger partial charge in [-0.2, -0.15) is 0 Å². The minimum absolute atomic E-state index is 0.00619. The first-order valence-corrected chi connectivity index (χ1v) is 46.7. The Kier molecular flexibility index (Phi) is 50.7. The Bertz CT molecular complexity index is 5480. The van der Waals surface area contributed by atoms with Crippen LogP contribution in [0.5, 0.6) is 11.5 Å². The van der Waals surface area contributed by atoms with Gasteiger partial charge in [-0.1, -0.05) is 133 Å². The van der Waals surface area contributed by atoms with E-state index in [0.29, 0.717) is 166 Å². The van der Waals surface area contributed by atoms with Crippen molar-refractivity contribution < 1.29 is 80.7 Å². The summed E-state index contributed by atoms with van der Waals surface area (Å²) in [4.78, 5) is 150. The van der Waals surface area contributed by atoms with E-state index in [2.05, 4.69) is 0 Å². The van der Waals surface area contributed by atoms with E-state index in [0.717, 1.165) is 50.3 Å². The summed E-state index contributed by atoms with van der Waals surface area (Å²) in [6.45, 7) is 14.4. The summed E-state index contributed by atoms with van der Waals surface area (Å²) < 4.78 is 37.9. The van der Waals surface area contributed by atoms with Crippen molar-refractivity contribution in [1.29, 1.82) is 0 Å². The minimum atomic E-state index is -0.376. The lowest BCUT2D eigenvalue weighted by Crippen LogP contribution is -2.31. The maximum Gasteiger partial charge on any atom is 0.246 e. The standard InChI is InChI=1S/C24H30N2O4.C22H28N2O4.C21H25ClN2O2.C21H25FN2O3.C21H25FN2O2/c1-4-26(16-20-15-19(17(2)27)8-13-23(20)30-3)24(29)14-12-22(28)11-7-18-5-9-21(25)10-6-18;1-3-24(28-16-18-5-4-6-21(15-18)27-2)22(26)14-13-20(25)12-9-17-7-10-19(23)11-8-17;1-2-24(15-17-4-3-5-18(22)14-17)21(26)13-12-20(25)11-8-16-6-9-19(23)10-7-16;1-2-24(27-15-17-5-3-4-6-20(17)22)21(26)14-13-19(25)12-9-16-7-10-18(23)11-8-16;1-2-24(15-17-5-3-4-6-20(17)22)21(26)14-13-19(25)12-9-16-7-10-18(23)11-8-16/h5-6,8-10,13,15H,4,7,11-12,14,16,25H2,1-3H3;4-8,10-11,15H,3,9,12-14,16,23H2,1-2H3;3-7,9-10,14H,2,8,11-13,15,23H2,1H3;3-8,10-11H,2,9,12-15,23H2,1H3;3-8,10-11H,2,9,12-15,23H2,1H3. The van der Waals surface area contributed by atoms with Gasteiger partial charge in [0.25, 0.3) is 0 Å². The summed E-state index contributed by atoms with van der Waals surface area (Å²) in [5.41, 5.74) is 41.1. The number of carbonyl (C=O) groups excluding carboxylic acids is 11. The molecule has 0 aliphatic carbocycles. The number of amides is 5. The van der Waals surface area contributed by atoms with Crippen LogP contribution in [-0.4, -0.2) is 136 Å². The van der Waals surface area contributed by atoms with E-state index < -0.39 is 0 Å².